The summed E-state index contributed by atoms with van der Waals surface area (Å²) >= 11 is 0. The molecule has 4 amide bonds. The molecule has 10 unspecified atom stereocenters. The summed E-state index contributed by atoms with van der Waals surface area (Å²) in [5, 5.41) is 143. The van der Waals surface area contributed by atoms with E-state index in [0.29, 0.717) is 4.90 Å². The first-order chi connectivity index (χ1) is 36.9. The Labute approximate surface area is 442 Å². The van der Waals surface area contributed by atoms with Gasteiger partial charge in [-0.2, -0.15) is 0 Å². The van der Waals surface area contributed by atoms with E-state index in [4.69, 9.17) is 28.4 Å². The van der Waals surface area contributed by atoms with Crippen LogP contribution in [0, 0.1) is 0 Å². The summed E-state index contributed by atoms with van der Waals surface area (Å²) in [5.74, 6) is -5.60. The third-order valence-corrected chi connectivity index (χ3v) is 13.7. The van der Waals surface area contributed by atoms with E-state index in [2.05, 4.69) is 20.1 Å². The van der Waals surface area contributed by atoms with Crippen molar-refractivity contribution in [3.63, 3.8) is 0 Å². The quantitative estimate of drug-likeness (QED) is 0.0548. The van der Waals surface area contributed by atoms with E-state index in [1.165, 1.54) is 36.4 Å². The van der Waals surface area contributed by atoms with Gasteiger partial charge in [0.2, 0.25) is 11.8 Å². The van der Waals surface area contributed by atoms with Gasteiger partial charge in [0.15, 0.2) is 18.8 Å². The molecule has 15 N–H and O–H groups in total. The molecule has 4 fully saturated rings. The lowest BCUT2D eigenvalue weighted by atomic mass is 9.88. The second-order valence-electron chi connectivity index (χ2n) is 18.9. The summed E-state index contributed by atoms with van der Waals surface area (Å²) in [6, 6.07) is 7.88. The highest BCUT2D eigenvalue weighted by Gasteiger charge is 2.56. The van der Waals surface area contributed by atoms with Crippen LogP contribution in [0.1, 0.15) is 34.1 Å². The van der Waals surface area contributed by atoms with Crippen LogP contribution in [-0.2, 0) is 57.1 Å². The number of methoxy groups -OCH3 is 2. The van der Waals surface area contributed by atoms with Gasteiger partial charge in [0.05, 0.1) is 46.8 Å². The van der Waals surface area contributed by atoms with Gasteiger partial charge < -0.3 is 125 Å². The van der Waals surface area contributed by atoms with Crippen molar-refractivity contribution in [1.82, 2.24) is 20.4 Å². The predicted molar refractivity (Wildman–Crippen MR) is 252 cm³/mol. The Balaban J connectivity index is 1.26. The van der Waals surface area contributed by atoms with E-state index in [9.17, 15) is 95.2 Å². The first-order valence-electron chi connectivity index (χ1n) is 24.3. The van der Waals surface area contributed by atoms with Gasteiger partial charge >= 0.3 is 11.9 Å². The Bertz CT molecular complexity index is 2420. The molecule has 4 aliphatic rings. The van der Waals surface area contributed by atoms with Crippen LogP contribution >= 0.6 is 0 Å². The zero-order chi connectivity index (χ0) is 57.5. The van der Waals surface area contributed by atoms with E-state index < -0.39 is 211 Å². The summed E-state index contributed by atoms with van der Waals surface area (Å²) < 4.78 is 43.3. The molecule has 19 atom stereocenters. The zero-order valence-electron chi connectivity index (χ0n) is 42.1. The van der Waals surface area contributed by atoms with E-state index in [-0.39, 0.29) is 21.9 Å². The van der Waals surface area contributed by atoms with Gasteiger partial charge in [0, 0.05) is 17.5 Å². The fraction of sp³-hybridized carbons (Fsp3) is 0.660. The molecular formula is C47H66N4O27. The summed E-state index contributed by atoms with van der Waals surface area (Å²) in [7, 11) is 2.12. The largest absolute Gasteiger partial charge is 0.468 e. The van der Waals surface area contributed by atoms with Gasteiger partial charge in [0.1, 0.15) is 117 Å². The van der Waals surface area contributed by atoms with Crippen molar-refractivity contribution in [3.05, 3.63) is 47.5 Å². The third kappa shape index (κ3) is 13.7. The fourth-order valence-electron chi connectivity index (χ4n) is 9.14. The molecule has 0 bridgehead atoms. The standard InChI is InChI=1S/C47H66N4O27/c1-47(70)41(67)34(62)25(16-53)76-46(47)78-39-23(56)10-30(73-26(39)17-54)50(13-28(57)48-11-31(59)71-2)42(68)21-6-4-20-9-22(7-5-19(20)8-21)43(69)51(14-29(58)49-12-32(60)72-3)44-37(65)36(64)40(27(18-55)74-44)77-45-38(66)35(63)33(61)24(15-52)75-45/h4-9,23-27,30,33-41,44-46,52-56,61-67,70H,10-18H2,1-3H3,(H,48,57)(H,49,58)/t23?,24?,25?,26?,27?,30-,33+,34+,35?,36?,37?,38?,39+,40-,41?,44-,45+,46+,47+/m1/s1. The lowest BCUT2D eigenvalue weighted by molar-refractivity contribution is -0.364. The van der Waals surface area contributed by atoms with Crippen LogP contribution in [0.4, 0.5) is 0 Å². The van der Waals surface area contributed by atoms with Gasteiger partial charge in [0.25, 0.3) is 11.8 Å². The molecule has 31 heteroatoms. The highest BCUT2D eigenvalue weighted by atomic mass is 16.7. The summed E-state index contributed by atoms with van der Waals surface area (Å²) in [4.78, 5) is 80.8. The van der Waals surface area contributed by atoms with Gasteiger partial charge in [-0.3, -0.25) is 28.8 Å². The predicted octanol–water partition coefficient (Wildman–Crippen LogP) is -9.03. The number of ether oxygens (including phenoxy) is 8. The monoisotopic (exact) mass is 1120 g/mol. The first-order valence-corrected chi connectivity index (χ1v) is 24.3. The highest BCUT2D eigenvalue weighted by Crippen LogP contribution is 2.36. The van der Waals surface area contributed by atoms with Crippen LogP contribution in [0.25, 0.3) is 10.8 Å². The Kier molecular flexibility index (Phi) is 21.3. The molecule has 0 radical (unpaired) electrons. The highest BCUT2D eigenvalue weighted by molar-refractivity contribution is 6.03. The van der Waals surface area contributed by atoms with Crippen molar-refractivity contribution in [2.24, 2.45) is 0 Å². The topological polar surface area (TPSA) is 470 Å². The molecule has 436 valence electrons. The smallest absolute Gasteiger partial charge is 0.325 e. The molecule has 6 rings (SSSR count). The molecule has 2 aromatic carbocycles. The average molecular weight is 1120 g/mol. The Morgan fingerprint density at radius 1 is 0.590 bits per heavy atom. The molecular weight excluding hydrogens is 1050 g/mol. The normalized spacial score (nSPS) is 35.0. The van der Waals surface area contributed by atoms with E-state index >= 15 is 0 Å². The summed E-state index contributed by atoms with van der Waals surface area (Å²) in [5.41, 5.74) is -2.66. The number of rotatable bonds is 20. The van der Waals surface area contributed by atoms with Crippen LogP contribution in [-0.4, -0.2) is 295 Å². The number of aliphatic hydroxyl groups is 13. The first kappa shape index (κ1) is 62.0. The number of amides is 4. The van der Waals surface area contributed by atoms with Crippen molar-refractivity contribution in [3.8, 4) is 0 Å². The van der Waals surface area contributed by atoms with Crippen LogP contribution < -0.4 is 10.6 Å². The molecule has 2 aromatic rings. The van der Waals surface area contributed by atoms with E-state index in [0.717, 1.165) is 26.0 Å². The maximum atomic E-state index is 14.5. The number of esters is 2. The van der Waals surface area contributed by atoms with Crippen molar-refractivity contribution < 1.29 is 133 Å². The third-order valence-electron chi connectivity index (χ3n) is 13.7. The number of nitrogens with one attached hydrogen (secondary N) is 2. The van der Waals surface area contributed by atoms with Crippen molar-refractivity contribution in [1.29, 1.82) is 0 Å². The average Bonchev–Trinajstić information content (AvgIpc) is 3.48. The molecule has 31 nitrogen and oxygen atoms in total. The summed E-state index contributed by atoms with van der Waals surface area (Å²) in [6.07, 6.45) is -32.5. The van der Waals surface area contributed by atoms with Crippen LogP contribution in [0.2, 0.25) is 0 Å². The molecule has 4 aliphatic heterocycles. The number of carbonyl (C=O) groups excluding carboxylic acids is 6. The molecule has 4 heterocycles. The summed E-state index contributed by atoms with van der Waals surface area (Å²) in [6.45, 7) is -5.58. The van der Waals surface area contributed by atoms with Gasteiger partial charge in [-0.1, -0.05) is 12.1 Å². The maximum absolute atomic E-state index is 14.5. The van der Waals surface area contributed by atoms with E-state index in [1.807, 2.05) is 0 Å². The van der Waals surface area contributed by atoms with Gasteiger partial charge in [-0.15, -0.1) is 0 Å². The number of hydrogen-bond acceptors (Lipinski definition) is 27. The number of benzene rings is 2. The van der Waals surface area contributed by atoms with Crippen LogP contribution in [0.5, 0.6) is 0 Å². The zero-order valence-corrected chi connectivity index (χ0v) is 42.1. The molecule has 4 saturated heterocycles. The lowest BCUT2D eigenvalue weighted by Crippen LogP contribution is -2.68. The van der Waals surface area contributed by atoms with Gasteiger partial charge in [-0.05, 0) is 42.0 Å². The number of carbonyl (C=O) groups is 6. The fourth-order valence-corrected chi connectivity index (χ4v) is 9.14. The van der Waals surface area contributed by atoms with E-state index in [1.54, 1.807) is 0 Å². The van der Waals surface area contributed by atoms with Gasteiger partial charge in [-0.25, -0.2) is 0 Å². The van der Waals surface area contributed by atoms with Crippen LogP contribution in [0.3, 0.4) is 0 Å². The number of aliphatic hydroxyl groups excluding tert-OH is 12. The minimum absolute atomic E-state index is 0.124. The Morgan fingerprint density at radius 2 is 1.09 bits per heavy atom. The number of nitrogens with zero attached hydrogens (tertiary/aromatic N) is 2. The second-order valence-corrected chi connectivity index (χ2v) is 18.9. The number of hydrogen-bond donors (Lipinski definition) is 15. The Hall–Kier alpha value is -5.24. The Morgan fingerprint density at radius 3 is 1.62 bits per heavy atom. The molecule has 0 spiro atoms. The van der Waals surface area contributed by atoms with Crippen molar-refractivity contribution in [2.45, 2.75) is 129 Å². The van der Waals surface area contributed by atoms with Crippen LogP contribution in [0.15, 0.2) is 36.4 Å². The maximum Gasteiger partial charge on any atom is 0.325 e. The molecule has 0 saturated carbocycles. The minimum atomic E-state index is -2.33. The SMILES string of the molecule is COC(=O)CNC(=O)CN(C(=O)c1ccc2cc(C(=O)N(CC(=O)NCC(=O)OC)[C@H]3CC(O)[C@H](O[C@@H]4OC(CO)[C@H](O)C(O)[C@]4(C)O)C(CO)O3)ccc2c1)[C@@H]1OC(CO)[C@@H](O[C@@H]2OC(CO)[C@H](O)C(O)C2O)C(O)C1O. The molecule has 78 heavy (non-hydrogen) atoms. The second kappa shape index (κ2) is 26.8. The minimum Gasteiger partial charge on any atom is -0.468 e. The molecule has 0 aromatic heterocycles. The van der Waals surface area contributed by atoms with Crippen molar-refractivity contribution in [2.75, 3.05) is 66.8 Å². The lowest BCUT2D eigenvalue weighted by Gasteiger charge is -2.49. The number of fused-ring (bicyclic) bond motifs is 1. The molecule has 0 aliphatic carbocycles. The van der Waals surface area contributed by atoms with Crippen molar-refractivity contribution >= 4 is 46.3 Å².